The first-order valence-electron chi connectivity index (χ1n) is 14.9. The minimum Gasteiger partial charge on any atom is -0.493 e. The van der Waals surface area contributed by atoms with Gasteiger partial charge in [-0.1, -0.05) is 26.3 Å². The molecule has 3 rings (SSSR count). The van der Waals surface area contributed by atoms with Crippen molar-refractivity contribution in [2.24, 2.45) is 11.8 Å². The van der Waals surface area contributed by atoms with Crippen LogP contribution < -0.4 is 0 Å². The number of nitrogens with zero attached hydrogens (tertiary/aromatic N) is 4. The molecule has 4 atom stereocenters. The lowest BCUT2D eigenvalue weighted by atomic mass is 9.89. The largest absolute Gasteiger partial charge is 0.493 e. The summed E-state index contributed by atoms with van der Waals surface area (Å²) in [6.07, 6.45) is 10.5. The summed E-state index contributed by atoms with van der Waals surface area (Å²) in [5.41, 5.74) is 1.29. The van der Waals surface area contributed by atoms with E-state index in [1.807, 2.05) is 13.0 Å². The summed E-state index contributed by atoms with van der Waals surface area (Å²) < 4.78 is 5.76. The van der Waals surface area contributed by atoms with Crippen molar-refractivity contribution >= 4 is 11.8 Å². The Balaban J connectivity index is 1.69. The minimum absolute atomic E-state index is 0.0412. The number of carbonyl (C=O) groups excluding carboxylic acids is 2. The lowest BCUT2D eigenvalue weighted by Gasteiger charge is -2.30. The van der Waals surface area contributed by atoms with Crippen molar-refractivity contribution < 1.29 is 19.4 Å². The van der Waals surface area contributed by atoms with Gasteiger partial charge in [-0.15, -0.1) is 0 Å². The molecule has 3 heterocycles. The van der Waals surface area contributed by atoms with E-state index in [-0.39, 0.29) is 17.9 Å². The van der Waals surface area contributed by atoms with Gasteiger partial charge in [0.1, 0.15) is 12.0 Å². The monoisotopic (exact) mass is 532 g/mol. The third-order valence-electron chi connectivity index (χ3n) is 8.48. The molecule has 0 aromatic carbocycles. The van der Waals surface area contributed by atoms with Crippen LogP contribution in [0.25, 0.3) is 0 Å². The van der Waals surface area contributed by atoms with Gasteiger partial charge in [-0.2, -0.15) is 0 Å². The predicted molar refractivity (Wildman–Crippen MR) is 151 cm³/mol. The highest BCUT2D eigenvalue weighted by Gasteiger charge is 2.37. The number of hydrogen-bond donors (Lipinski definition) is 1. The first kappa shape index (κ1) is 30.6. The van der Waals surface area contributed by atoms with Crippen LogP contribution in [0.15, 0.2) is 23.5 Å². The molecule has 3 unspecified atom stereocenters. The Morgan fingerprint density at radius 3 is 2.63 bits per heavy atom. The van der Waals surface area contributed by atoms with Crippen molar-refractivity contribution in [2.45, 2.75) is 84.4 Å². The van der Waals surface area contributed by atoms with Gasteiger partial charge in [0.15, 0.2) is 0 Å². The summed E-state index contributed by atoms with van der Waals surface area (Å²) in [7, 11) is 4.14. The van der Waals surface area contributed by atoms with Crippen LogP contribution in [-0.4, -0.2) is 109 Å². The molecule has 0 aliphatic carbocycles. The topological polar surface area (TPSA) is 76.6 Å². The molecule has 1 N–H and O–H groups in total. The molecule has 0 saturated carbocycles. The van der Waals surface area contributed by atoms with E-state index in [9.17, 15) is 14.7 Å². The fourth-order valence-electron chi connectivity index (χ4n) is 6.11. The highest BCUT2D eigenvalue weighted by atomic mass is 16.5. The maximum absolute atomic E-state index is 13.6. The number of amides is 2. The van der Waals surface area contributed by atoms with Crippen LogP contribution in [0.3, 0.4) is 0 Å². The van der Waals surface area contributed by atoms with Crippen LogP contribution in [0.2, 0.25) is 0 Å². The number of likely N-dealkylation sites (tertiary alicyclic amines) is 2. The molecule has 0 bridgehead atoms. The van der Waals surface area contributed by atoms with Gasteiger partial charge in [0, 0.05) is 51.5 Å². The molecule has 3 aliphatic rings. The van der Waals surface area contributed by atoms with Gasteiger partial charge >= 0.3 is 0 Å². The second kappa shape index (κ2) is 15.0. The molecule has 2 amide bonds. The first-order chi connectivity index (χ1) is 18.2. The van der Waals surface area contributed by atoms with Crippen LogP contribution >= 0.6 is 0 Å². The average Bonchev–Trinajstić information content (AvgIpc) is 3.58. The van der Waals surface area contributed by atoms with Crippen molar-refractivity contribution in [3.63, 3.8) is 0 Å². The van der Waals surface area contributed by atoms with Crippen LogP contribution in [0.4, 0.5) is 0 Å². The Labute approximate surface area is 230 Å². The van der Waals surface area contributed by atoms with Crippen molar-refractivity contribution in [1.29, 1.82) is 0 Å². The molecule has 3 saturated heterocycles. The van der Waals surface area contributed by atoms with E-state index < -0.39 is 6.23 Å². The van der Waals surface area contributed by atoms with Gasteiger partial charge < -0.3 is 24.5 Å². The summed E-state index contributed by atoms with van der Waals surface area (Å²) in [5.74, 6) is 2.07. The van der Waals surface area contributed by atoms with Gasteiger partial charge in [0.25, 0.3) is 0 Å². The van der Waals surface area contributed by atoms with Crippen molar-refractivity contribution in [3.8, 4) is 0 Å². The molecule has 0 aromatic heterocycles. The fourth-order valence-corrected chi connectivity index (χ4v) is 6.11. The Morgan fingerprint density at radius 2 is 1.97 bits per heavy atom. The Morgan fingerprint density at radius 1 is 1.21 bits per heavy atom. The number of unbranched alkanes of at least 4 members (excludes halogenated alkanes) is 1. The van der Waals surface area contributed by atoms with Gasteiger partial charge in [-0.3, -0.25) is 14.5 Å². The van der Waals surface area contributed by atoms with E-state index in [2.05, 4.69) is 48.7 Å². The summed E-state index contributed by atoms with van der Waals surface area (Å²) in [4.78, 5) is 34.1. The lowest BCUT2D eigenvalue weighted by molar-refractivity contribution is -0.135. The number of allylic oxidation sites excluding steroid dienone is 3. The normalized spacial score (nSPS) is 27.2. The quantitative estimate of drug-likeness (QED) is 0.369. The standard InChI is InChI=1S/C30H52N4O4/c1-6-8-15-32(16-9-14-31(4)5)30(37)22-33-21-25(23(3)19-24-13-18-38-27(24)7-2)20-26(33)12-17-34-28(35)10-11-29(34)36/h7,19,23,25-26,28,35H,6,8-18,20-22H2,1-5H3/b24-19-,27-7+/t23?,25?,26-,28?/m0/s1. The molecule has 8 heteroatoms. The average molecular weight is 533 g/mol. The molecular formula is C30H52N4O4. The van der Waals surface area contributed by atoms with Crippen molar-refractivity contribution in [3.05, 3.63) is 23.5 Å². The number of ether oxygens (including phenoxy) is 1. The molecule has 0 aromatic rings. The fraction of sp³-hybridized carbons (Fsp3) is 0.800. The number of rotatable bonds is 14. The summed E-state index contributed by atoms with van der Waals surface area (Å²) in [6, 6.07) is 0.223. The summed E-state index contributed by atoms with van der Waals surface area (Å²) >= 11 is 0. The summed E-state index contributed by atoms with van der Waals surface area (Å²) in [6.45, 7) is 11.7. The van der Waals surface area contributed by atoms with Crippen LogP contribution in [0.1, 0.15) is 72.1 Å². The van der Waals surface area contributed by atoms with Gasteiger partial charge in [0.05, 0.1) is 13.2 Å². The van der Waals surface area contributed by atoms with E-state index in [0.717, 1.165) is 77.1 Å². The van der Waals surface area contributed by atoms with E-state index in [1.54, 1.807) is 4.90 Å². The Kier molecular flexibility index (Phi) is 12.1. The molecule has 3 aliphatic heterocycles. The SMILES string of the molecule is C/C=C1/OCC/C1=C/C(C)C1C[C@H](CCN2C(=O)CCC2O)N(CC(=O)N(CCCC)CCCN(C)C)C1. The number of aliphatic hydroxyl groups is 1. The maximum atomic E-state index is 13.6. The molecule has 216 valence electrons. The molecule has 0 radical (unpaired) electrons. The number of aliphatic hydroxyl groups excluding tert-OH is 1. The smallest absolute Gasteiger partial charge is 0.236 e. The molecule has 3 fully saturated rings. The molecule has 38 heavy (non-hydrogen) atoms. The second-order valence-corrected chi connectivity index (χ2v) is 11.7. The first-order valence-corrected chi connectivity index (χ1v) is 14.9. The third kappa shape index (κ3) is 8.55. The molecular weight excluding hydrogens is 480 g/mol. The van der Waals surface area contributed by atoms with Gasteiger partial charge in [-0.05, 0) is 76.7 Å². The van der Waals surface area contributed by atoms with Crippen LogP contribution in [0, 0.1) is 11.8 Å². The van der Waals surface area contributed by atoms with Gasteiger partial charge in [-0.25, -0.2) is 0 Å². The van der Waals surface area contributed by atoms with E-state index in [1.165, 1.54) is 5.57 Å². The molecule has 8 nitrogen and oxygen atoms in total. The zero-order chi connectivity index (χ0) is 27.7. The lowest BCUT2D eigenvalue weighted by Crippen LogP contribution is -2.44. The Hall–Kier alpha value is -1.90. The highest BCUT2D eigenvalue weighted by Crippen LogP contribution is 2.35. The van der Waals surface area contributed by atoms with Crippen molar-refractivity contribution in [2.75, 3.05) is 60.0 Å². The van der Waals surface area contributed by atoms with Crippen molar-refractivity contribution in [1.82, 2.24) is 19.6 Å². The minimum atomic E-state index is -0.665. The second-order valence-electron chi connectivity index (χ2n) is 11.7. The third-order valence-corrected chi connectivity index (χ3v) is 8.48. The van der Waals surface area contributed by atoms with Gasteiger partial charge in [0.2, 0.25) is 11.8 Å². The summed E-state index contributed by atoms with van der Waals surface area (Å²) in [5, 5.41) is 10.3. The predicted octanol–water partition coefficient (Wildman–Crippen LogP) is 3.47. The maximum Gasteiger partial charge on any atom is 0.236 e. The molecule has 0 spiro atoms. The zero-order valence-electron chi connectivity index (χ0n) is 24.5. The number of hydrogen-bond acceptors (Lipinski definition) is 6. The van der Waals surface area contributed by atoms with E-state index in [0.29, 0.717) is 37.8 Å². The van der Waals surface area contributed by atoms with Crippen LogP contribution in [0.5, 0.6) is 0 Å². The van der Waals surface area contributed by atoms with Crippen LogP contribution in [-0.2, 0) is 14.3 Å². The van der Waals surface area contributed by atoms with E-state index >= 15 is 0 Å². The number of carbonyl (C=O) groups is 2. The zero-order valence-corrected chi connectivity index (χ0v) is 24.5. The highest BCUT2D eigenvalue weighted by molar-refractivity contribution is 5.79. The Bertz CT molecular complexity index is 842. The van der Waals surface area contributed by atoms with E-state index in [4.69, 9.17) is 4.74 Å².